The minimum absolute atomic E-state index is 0.0436. The molecule has 0 aliphatic heterocycles. The van der Waals surface area contributed by atoms with Crippen molar-refractivity contribution < 1.29 is 27.9 Å². The number of amides is 1. The Morgan fingerprint density at radius 3 is 2.28 bits per heavy atom. The summed E-state index contributed by atoms with van der Waals surface area (Å²) >= 11 is 0. The highest BCUT2D eigenvalue weighted by Crippen LogP contribution is 2.35. The summed E-state index contributed by atoms with van der Waals surface area (Å²) in [4.78, 5) is 23.3. The Kier molecular flexibility index (Phi) is 9.53. The monoisotopic (exact) mass is 590 g/mol. The number of halogens is 3. The van der Waals surface area contributed by atoms with Gasteiger partial charge in [-0.15, -0.1) is 0 Å². The van der Waals surface area contributed by atoms with Crippen molar-refractivity contribution in [2.24, 2.45) is 5.92 Å². The number of nitrogens with one attached hydrogen (secondary N) is 1. The van der Waals surface area contributed by atoms with Gasteiger partial charge in [-0.2, -0.15) is 13.2 Å². The van der Waals surface area contributed by atoms with Crippen LogP contribution in [0.1, 0.15) is 85.3 Å². The van der Waals surface area contributed by atoms with E-state index in [2.05, 4.69) is 16.1 Å². The lowest BCUT2D eigenvalue weighted by Gasteiger charge is -2.25. The molecular weight excluding hydrogens is 553 g/mol. The van der Waals surface area contributed by atoms with Crippen LogP contribution in [0.2, 0.25) is 0 Å². The third-order valence-corrected chi connectivity index (χ3v) is 8.60. The van der Waals surface area contributed by atoms with Gasteiger partial charge in [-0.1, -0.05) is 75.3 Å². The molecular formula is C35H37F3N2O3. The first kappa shape index (κ1) is 30.4. The molecule has 1 atom stereocenters. The Labute approximate surface area is 249 Å². The van der Waals surface area contributed by atoms with Crippen molar-refractivity contribution in [2.45, 2.75) is 70.0 Å². The van der Waals surface area contributed by atoms with Gasteiger partial charge < -0.3 is 15.0 Å². The molecule has 2 N–H and O–H groups in total. The largest absolute Gasteiger partial charge is 0.481 e. The molecule has 1 saturated carbocycles. The molecule has 4 aromatic rings. The Morgan fingerprint density at radius 1 is 0.907 bits per heavy atom. The van der Waals surface area contributed by atoms with Crippen molar-refractivity contribution in [3.63, 3.8) is 0 Å². The molecule has 43 heavy (non-hydrogen) atoms. The van der Waals surface area contributed by atoms with E-state index in [1.807, 2.05) is 36.4 Å². The third-order valence-electron chi connectivity index (χ3n) is 8.60. The SMILES string of the molecule is O=C(O)CCNC(=O)c1ccc(C(CCCC2CCCCC2)n2ccc3cc(-c4ccc(C(F)(F)F)cc4)ccc32)cc1. The van der Waals surface area contributed by atoms with Gasteiger partial charge in [0, 0.05) is 29.2 Å². The molecule has 1 aromatic heterocycles. The summed E-state index contributed by atoms with van der Waals surface area (Å²) in [6.45, 7) is 0.0729. The Morgan fingerprint density at radius 2 is 1.60 bits per heavy atom. The van der Waals surface area contributed by atoms with Crippen LogP contribution in [-0.4, -0.2) is 28.1 Å². The number of hydrogen-bond donors (Lipinski definition) is 2. The summed E-state index contributed by atoms with van der Waals surface area (Å²) in [5.41, 5.74) is 3.51. The van der Waals surface area contributed by atoms with Gasteiger partial charge in [-0.3, -0.25) is 9.59 Å². The average molecular weight is 591 g/mol. The van der Waals surface area contributed by atoms with Gasteiger partial charge in [-0.05, 0) is 71.5 Å². The number of benzene rings is 3. The smallest absolute Gasteiger partial charge is 0.416 e. The van der Waals surface area contributed by atoms with Gasteiger partial charge in [0.25, 0.3) is 5.91 Å². The number of aliphatic carboxylic acids is 1. The van der Waals surface area contributed by atoms with Crippen molar-refractivity contribution in [3.8, 4) is 11.1 Å². The minimum Gasteiger partial charge on any atom is -0.481 e. The highest BCUT2D eigenvalue weighted by atomic mass is 19.4. The van der Waals surface area contributed by atoms with Gasteiger partial charge >= 0.3 is 12.1 Å². The van der Waals surface area contributed by atoms with E-state index in [-0.39, 0.29) is 24.9 Å². The van der Waals surface area contributed by atoms with Gasteiger partial charge in [-0.25, -0.2) is 0 Å². The number of aromatic nitrogens is 1. The van der Waals surface area contributed by atoms with Gasteiger partial charge in [0.1, 0.15) is 0 Å². The van der Waals surface area contributed by atoms with E-state index in [9.17, 15) is 22.8 Å². The average Bonchev–Trinajstić information content (AvgIpc) is 3.42. The number of alkyl halides is 3. The van der Waals surface area contributed by atoms with Crippen LogP contribution in [0.5, 0.6) is 0 Å². The molecule has 226 valence electrons. The van der Waals surface area contributed by atoms with E-state index in [4.69, 9.17) is 5.11 Å². The van der Waals surface area contributed by atoms with Crippen LogP contribution in [0.4, 0.5) is 13.2 Å². The molecule has 1 amide bonds. The fraction of sp³-hybridized carbons (Fsp3) is 0.371. The summed E-state index contributed by atoms with van der Waals surface area (Å²) in [7, 11) is 0. The molecule has 3 aromatic carbocycles. The zero-order valence-corrected chi connectivity index (χ0v) is 24.1. The molecule has 0 bridgehead atoms. The summed E-state index contributed by atoms with van der Waals surface area (Å²) in [5.74, 6) is -0.486. The van der Waals surface area contributed by atoms with Crippen molar-refractivity contribution in [3.05, 3.63) is 95.7 Å². The summed E-state index contributed by atoms with van der Waals surface area (Å²) in [6, 6.07) is 20.8. The second kappa shape index (κ2) is 13.5. The molecule has 0 radical (unpaired) electrons. The first-order valence-electron chi connectivity index (χ1n) is 15.1. The van der Waals surface area contributed by atoms with Crippen LogP contribution in [0.3, 0.4) is 0 Å². The second-order valence-corrected chi connectivity index (χ2v) is 11.5. The number of carboxylic acid groups (broad SMARTS) is 1. The quantitative estimate of drug-likeness (QED) is 0.183. The Bertz CT molecular complexity index is 1540. The van der Waals surface area contributed by atoms with E-state index in [1.165, 1.54) is 50.7 Å². The zero-order valence-electron chi connectivity index (χ0n) is 24.1. The lowest BCUT2D eigenvalue weighted by atomic mass is 9.85. The topological polar surface area (TPSA) is 71.3 Å². The van der Waals surface area contributed by atoms with Crippen molar-refractivity contribution in [2.75, 3.05) is 6.54 Å². The van der Waals surface area contributed by atoms with Gasteiger partial charge in [0.2, 0.25) is 0 Å². The van der Waals surface area contributed by atoms with Crippen molar-refractivity contribution >= 4 is 22.8 Å². The van der Waals surface area contributed by atoms with Crippen LogP contribution in [0.15, 0.2) is 79.0 Å². The Balaban J connectivity index is 1.38. The van der Waals surface area contributed by atoms with E-state index >= 15 is 0 Å². The number of carbonyl (C=O) groups excluding carboxylic acids is 1. The molecule has 1 heterocycles. The lowest BCUT2D eigenvalue weighted by molar-refractivity contribution is -0.138. The number of hydrogen-bond acceptors (Lipinski definition) is 2. The van der Waals surface area contributed by atoms with E-state index in [1.54, 1.807) is 12.1 Å². The first-order chi connectivity index (χ1) is 20.7. The normalized spacial score (nSPS) is 15.0. The van der Waals surface area contributed by atoms with Crippen molar-refractivity contribution in [1.29, 1.82) is 0 Å². The molecule has 5 nitrogen and oxygen atoms in total. The van der Waals surface area contributed by atoms with E-state index in [0.29, 0.717) is 5.56 Å². The maximum absolute atomic E-state index is 13.0. The summed E-state index contributed by atoms with van der Waals surface area (Å²) in [5, 5.41) is 12.5. The molecule has 1 aliphatic rings. The van der Waals surface area contributed by atoms with E-state index in [0.717, 1.165) is 58.5 Å². The molecule has 8 heteroatoms. The zero-order chi connectivity index (χ0) is 30.4. The fourth-order valence-corrected chi connectivity index (χ4v) is 6.25. The first-order valence-corrected chi connectivity index (χ1v) is 15.1. The third kappa shape index (κ3) is 7.66. The molecule has 1 fully saturated rings. The second-order valence-electron chi connectivity index (χ2n) is 11.5. The predicted molar refractivity (Wildman–Crippen MR) is 162 cm³/mol. The molecule has 0 saturated heterocycles. The number of fused-ring (bicyclic) bond motifs is 1. The van der Waals surface area contributed by atoms with Crippen LogP contribution >= 0.6 is 0 Å². The maximum atomic E-state index is 13.0. The summed E-state index contributed by atoms with van der Waals surface area (Å²) in [6.07, 6.45) is 7.34. The molecule has 0 spiro atoms. The van der Waals surface area contributed by atoms with Crippen LogP contribution in [0.25, 0.3) is 22.0 Å². The number of rotatable bonds is 11. The fourth-order valence-electron chi connectivity index (χ4n) is 6.25. The van der Waals surface area contributed by atoms with Gasteiger partial charge in [0.15, 0.2) is 0 Å². The predicted octanol–water partition coefficient (Wildman–Crippen LogP) is 8.87. The molecule has 1 unspecified atom stereocenters. The van der Waals surface area contributed by atoms with E-state index < -0.39 is 17.7 Å². The number of carboxylic acids is 1. The summed E-state index contributed by atoms with van der Waals surface area (Å²) < 4.78 is 41.4. The highest BCUT2D eigenvalue weighted by Gasteiger charge is 2.30. The number of nitrogens with zero attached hydrogens (tertiary/aromatic N) is 1. The minimum atomic E-state index is -4.37. The van der Waals surface area contributed by atoms with Crippen LogP contribution in [0, 0.1) is 5.92 Å². The Hall–Kier alpha value is -4.07. The van der Waals surface area contributed by atoms with Crippen molar-refractivity contribution in [1.82, 2.24) is 9.88 Å². The van der Waals surface area contributed by atoms with Crippen LogP contribution in [-0.2, 0) is 11.0 Å². The maximum Gasteiger partial charge on any atom is 0.416 e. The lowest BCUT2D eigenvalue weighted by Crippen LogP contribution is -2.26. The van der Waals surface area contributed by atoms with Crippen LogP contribution < -0.4 is 5.32 Å². The van der Waals surface area contributed by atoms with Gasteiger partial charge in [0.05, 0.1) is 18.0 Å². The highest BCUT2D eigenvalue weighted by molar-refractivity contribution is 5.94. The standard InChI is InChI=1S/C35H37F3N2O3/c36-35(37,38)30-16-13-25(14-17-30)28-15-18-32-29(23-28)20-22-40(32)31(8-4-7-24-5-2-1-3-6-24)26-9-11-27(12-10-26)34(43)39-21-19-33(41)42/h9-18,20,22-24,31H,1-8,19,21H2,(H,39,43)(H,41,42). The molecule has 5 rings (SSSR count). The number of carbonyl (C=O) groups is 2. The molecule has 1 aliphatic carbocycles.